The number of fused-ring (bicyclic) bond motifs is 1. The van der Waals surface area contributed by atoms with Crippen LogP contribution in [-0.4, -0.2) is 45.2 Å². The number of rotatable bonds is 4. The molecule has 0 fully saturated rings. The molecule has 2 amide bonds. The number of ether oxygens (including phenoxy) is 1. The Bertz CT molecular complexity index is 1220. The molecule has 3 N–H and O–H groups in total. The summed E-state index contributed by atoms with van der Waals surface area (Å²) < 4.78 is 45.8. The molecule has 33 heavy (non-hydrogen) atoms. The number of hydrogen-bond donors (Lipinski definition) is 2. The van der Waals surface area contributed by atoms with Crippen molar-refractivity contribution < 1.29 is 27.5 Å². The van der Waals surface area contributed by atoms with E-state index in [4.69, 9.17) is 10.5 Å². The molecular formula is C20H18F3N7O3. The lowest BCUT2D eigenvalue weighted by Crippen LogP contribution is -2.43. The van der Waals surface area contributed by atoms with Gasteiger partial charge in [-0.05, 0) is 31.2 Å². The molecule has 0 bridgehead atoms. The highest BCUT2D eigenvalue weighted by molar-refractivity contribution is 6.12. The van der Waals surface area contributed by atoms with Crippen LogP contribution >= 0.6 is 0 Å². The van der Waals surface area contributed by atoms with E-state index in [1.807, 2.05) is 0 Å². The second kappa shape index (κ2) is 8.07. The molecule has 172 valence electrons. The fourth-order valence-corrected chi connectivity index (χ4v) is 3.44. The molecule has 0 unspecified atom stereocenters. The number of alkyl halides is 3. The third-order valence-corrected chi connectivity index (χ3v) is 5.03. The summed E-state index contributed by atoms with van der Waals surface area (Å²) in [6, 6.07) is 4.49. The van der Waals surface area contributed by atoms with Crippen LogP contribution in [0.25, 0.3) is 0 Å². The number of nitrogen functional groups attached to an aromatic ring is 1. The first-order valence-electron chi connectivity index (χ1n) is 9.64. The number of carbonyl (C=O) groups is 2. The first kappa shape index (κ1) is 22.0. The summed E-state index contributed by atoms with van der Waals surface area (Å²) in [7, 11) is 1.07. The van der Waals surface area contributed by atoms with Crippen LogP contribution in [0.5, 0.6) is 5.88 Å². The summed E-state index contributed by atoms with van der Waals surface area (Å²) in [6.45, 7) is 1.87. The summed E-state index contributed by atoms with van der Waals surface area (Å²) >= 11 is 0. The number of amides is 2. The standard InChI is InChI=1S/C20H18F3N7O3/c1-10-9-29(15-6-4-12(20(21,22)23)18(28-15)33-2)19(32)16-13(8-26-30(10)16)27-17(31)11-3-5-14(24)25-7-11/h3-8,10H,9H2,1-2H3,(H2,24,25)(H,27,31)/t10-/m0/s1. The maximum absolute atomic E-state index is 13.3. The largest absolute Gasteiger partial charge is 0.481 e. The molecule has 13 heteroatoms. The Kier molecular flexibility index (Phi) is 5.39. The van der Waals surface area contributed by atoms with E-state index >= 15 is 0 Å². The Morgan fingerprint density at radius 2 is 2.00 bits per heavy atom. The maximum Gasteiger partial charge on any atom is 0.421 e. The van der Waals surface area contributed by atoms with Crippen LogP contribution in [0.15, 0.2) is 36.7 Å². The molecular weight excluding hydrogens is 443 g/mol. The van der Waals surface area contributed by atoms with Crippen molar-refractivity contribution in [3.8, 4) is 5.88 Å². The molecule has 3 aromatic rings. The smallest absolute Gasteiger partial charge is 0.421 e. The predicted octanol–water partition coefficient (Wildman–Crippen LogP) is 2.76. The summed E-state index contributed by atoms with van der Waals surface area (Å²) in [5, 5.41) is 6.80. The van der Waals surface area contributed by atoms with Gasteiger partial charge in [-0.1, -0.05) is 0 Å². The van der Waals surface area contributed by atoms with E-state index in [0.717, 1.165) is 19.2 Å². The Morgan fingerprint density at radius 3 is 2.64 bits per heavy atom. The summed E-state index contributed by atoms with van der Waals surface area (Å²) in [6.07, 6.45) is -2.05. The van der Waals surface area contributed by atoms with Gasteiger partial charge in [-0.3, -0.25) is 19.2 Å². The summed E-state index contributed by atoms with van der Waals surface area (Å²) in [4.78, 5) is 34.8. The lowest BCUT2D eigenvalue weighted by Gasteiger charge is -2.31. The first-order chi connectivity index (χ1) is 15.6. The molecule has 1 aliphatic rings. The van der Waals surface area contributed by atoms with E-state index in [1.54, 1.807) is 6.92 Å². The lowest BCUT2D eigenvalue weighted by atomic mass is 10.1. The average Bonchev–Trinajstić information content (AvgIpc) is 3.20. The Morgan fingerprint density at radius 1 is 1.24 bits per heavy atom. The van der Waals surface area contributed by atoms with Crippen molar-refractivity contribution in [3.05, 3.63) is 53.5 Å². The van der Waals surface area contributed by atoms with E-state index < -0.39 is 29.4 Å². The van der Waals surface area contributed by atoms with Crippen LogP contribution in [-0.2, 0) is 6.18 Å². The molecule has 0 spiro atoms. The Labute approximate surface area is 185 Å². The topological polar surface area (TPSA) is 128 Å². The van der Waals surface area contributed by atoms with Crippen LogP contribution in [0.1, 0.15) is 39.4 Å². The number of aromatic nitrogens is 4. The normalized spacial score (nSPS) is 15.8. The molecule has 0 radical (unpaired) electrons. The molecule has 0 aromatic carbocycles. The van der Waals surface area contributed by atoms with Crippen LogP contribution in [0.3, 0.4) is 0 Å². The van der Waals surface area contributed by atoms with Crippen molar-refractivity contribution in [1.29, 1.82) is 0 Å². The molecule has 3 aromatic heterocycles. The van der Waals surface area contributed by atoms with Gasteiger partial charge in [0.05, 0.1) is 30.6 Å². The number of carbonyl (C=O) groups excluding carboxylic acids is 2. The van der Waals surface area contributed by atoms with E-state index in [9.17, 15) is 22.8 Å². The molecule has 0 saturated heterocycles. The number of nitrogens with two attached hydrogens (primary N) is 1. The van der Waals surface area contributed by atoms with E-state index in [2.05, 4.69) is 20.4 Å². The van der Waals surface area contributed by atoms with Gasteiger partial charge in [-0.15, -0.1) is 0 Å². The highest BCUT2D eigenvalue weighted by atomic mass is 19.4. The number of halogens is 3. The number of methoxy groups -OCH3 is 1. The zero-order valence-electron chi connectivity index (χ0n) is 17.4. The molecule has 1 atom stereocenters. The highest BCUT2D eigenvalue weighted by Gasteiger charge is 2.38. The zero-order chi connectivity index (χ0) is 23.9. The van der Waals surface area contributed by atoms with E-state index in [-0.39, 0.29) is 41.2 Å². The minimum atomic E-state index is -4.66. The molecule has 1 aliphatic heterocycles. The number of anilines is 3. The van der Waals surface area contributed by atoms with Crippen molar-refractivity contribution >= 4 is 29.1 Å². The third kappa shape index (κ3) is 4.04. The molecule has 0 saturated carbocycles. The Balaban J connectivity index is 1.66. The lowest BCUT2D eigenvalue weighted by molar-refractivity contribution is -0.139. The molecule has 4 heterocycles. The maximum atomic E-state index is 13.3. The summed E-state index contributed by atoms with van der Waals surface area (Å²) in [5.41, 5.74) is 4.89. The van der Waals surface area contributed by atoms with Crippen LogP contribution in [0.4, 0.5) is 30.5 Å². The van der Waals surface area contributed by atoms with Gasteiger partial charge >= 0.3 is 6.18 Å². The van der Waals surface area contributed by atoms with E-state index in [1.165, 1.54) is 34.1 Å². The Hall–Kier alpha value is -4.16. The quantitative estimate of drug-likeness (QED) is 0.611. The van der Waals surface area contributed by atoms with Gasteiger partial charge in [0.25, 0.3) is 11.8 Å². The van der Waals surface area contributed by atoms with Crippen molar-refractivity contribution in [2.75, 3.05) is 29.6 Å². The highest BCUT2D eigenvalue weighted by Crippen LogP contribution is 2.37. The number of hydrogen-bond acceptors (Lipinski definition) is 7. The van der Waals surface area contributed by atoms with Crippen molar-refractivity contribution in [2.45, 2.75) is 19.1 Å². The van der Waals surface area contributed by atoms with Crippen LogP contribution in [0, 0.1) is 0 Å². The van der Waals surface area contributed by atoms with Crippen molar-refractivity contribution in [2.24, 2.45) is 0 Å². The molecule has 4 rings (SSSR count). The fourth-order valence-electron chi connectivity index (χ4n) is 3.44. The minimum Gasteiger partial charge on any atom is -0.481 e. The number of pyridine rings is 2. The van der Waals surface area contributed by atoms with Crippen LogP contribution < -0.4 is 20.7 Å². The van der Waals surface area contributed by atoms with E-state index in [0.29, 0.717) is 0 Å². The van der Waals surface area contributed by atoms with Gasteiger partial charge < -0.3 is 15.8 Å². The summed E-state index contributed by atoms with van der Waals surface area (Å²) in [5.74, 6) is -1.56. The predicted molar refractivity (Wildman–Crippen MR) is 111 cm³/mol. The monoisotopic (exact) mass is 461 g/mol. The van der Waals surface area contributed by atoms with Gasteiger partial charge in [0, 0.05) is 12.7 Å². The van der Waals surface area contributed by atoms with Gasteiger partial charge in [-0.25, -0.2) is 4.98 Å². The van der Waals surface area contributed by atoms with Gasteiger partial charge in [0.15, 0.2) is 5.69 Å². The van der Waals surface area contributed by atoms with Crippen molar-refractivity contribution in [3.63, 3.8) is 0 Å². The van der Waals surface area contributed by atoms with Gasteiger partial charge in [0.1, 0.15) is 17.2 Å². The van der Waals surface area contributed by atoms with Gasteiger partial charge in [-0.2, -0.15) is 23.3 Å². The SMILES string of the molecule is COc1nc(N2C[C@H](C)n3ncc(NC(=O)c4ccc(N)nc4)c3C2=O)ccc1C(F)(F)F. The average molecular weight is 461 g/mol. The zero-order valence-corrected chi connectivity index (χ0v) is 17.4. The first-order valence-corrected chi connectivity index (χ1v) is 9.64. The second-order valence-corrected chi connectivity index (χ2v) is 7.27. The fraction of sp³-hybridized carbons (Fsp3) is 0.250. The van der Waals surface area contributed by atoms with Crippen molar-refractivity contribution in [1.82, 2.24) is 19.7 Å². The second-order valence-electron chi connectivity index (χ2n) is 7.27. The van der Waals surface area contributed by atoms with Gasteiger partial charge in [0.2, 0.25) is 5.88 Å². The molecule has 10 nitrogen and oxygen atoms in total. The molecule has 0 aliphatic carbocycles. The number of nitrogens with one attached hydrogen (secondary N) is 1. The minimum absolute atomic E-state index is 0.0239. The van der Waals surface area contributed by atoms with Crippen LogP contribution in [0.2, 0.25) is 0 Å². The number of nitrogens with zero attached hydrogens (tertiary/aromatic N) is 5. The third-order valence-electron chi connectivity index (χ3n) is 5.03.